The van der Waals surface area contributed by atoms with Gasteiger partial charge in [0.25, 0.3) is 0 Å². The van der Waals surface area contributed by atoms with Gasteiger partial charge in [0, 0.05) is 17.6 Å². The molecule has 1 aromatic carbocycles. The number of ether oxygens (including phenoxy) is 2. The molecule has 1 heterocycles. The van der Waals surface area contributed by atoms with Crippen LogP contribution < -0.4 is 10.1 Å². The first-order valence-corrected chi connectivity index (χ1v) is 5.92. The Hall–Kier alpha value is -0.770. The summed E-state index contributed by atoms with van der Waals surface area (Å²) < 4.78 is 11.0. The molecule has 1 atom stereocenters. The van der Waals surface area contributed by atoms with E-state index in [1.54, 1.807) is 0 Å². The molecule has 1 aliphatic rings. The number of rotatable bonds is 4. The van der Waals surface area contributed by atoms with E-state index < -0.39 is 0 Å². The van der Waals surface area contributed by atoms with Gasteiger partial charge in [0.1, 0.15) is 5.75 Å². The van der Waals surface area contributed by atoms with E-state index in [9.17, 15) is 0 Å². The van der Waals surface area contributed by atoms with Crippen molar-refractivity contribution in [1.82, 2.24) is 5.32 Å². The minimum Gasteiger partial charge on any atom is -0.493 e. The smallest absolute Gasteiger partial charge is 0.120 e. The molecule has 88 valence electrons. The summed E-state index contributed by atoms with van der Waals surface area (Å²) in [5.74, 6) is 0.823. The number of hydrogen-bond acceptors (Lipinski definition) is 3. The van der Waals surface area contributed by atoms with Gasteiger partial charge >= 0.3 is 0 Å². The van der Waals surface area contributed by atoms with Crippen molar-refractivity contribution in [2.24, 2.45) is 0 Å². The summed E-state index contributed by atoms with van der Waals surface area (Å²) in [6.45, 7) is 3.20. The van der Waals surface area contributed by atoms with Crippen LogP contribution in [0.15, 0.2) is 24.3 Å². The molecule has 0 amide bonds. The van der Waals surface area contributed by atoms with Crippen LogP contribution in [0.1, 0.15) is 6.42 Å². The van der Waals surface area contributed by atoms with Gasteiger partial charge in [-0.15, -0.1) is 0 Å². The van der Waals surface area contributed by atoms with Gasteiger partial charge in [0.15, 0.2) is 0 Å². The molecule has 16 heavy (non-hydrogen) atoms. The molecule has 0 spiro atoms. The van der Waals surface area contributed by atoms with Crippen LogP contribution in [0.5, 0.6) is 5.75 Å². The van der Waals surface area contributed by atoms with Gasteiger partial charge in [-0.3, -0.25) is 0 Å². The molecule has 3 nitrogen and oxygen atoms in total. The van der Waals surface area contributed by atoms with Crippen molar-refractivity contribution in [1.29, 1.82) is 0 Å². The highest BCUT2D eigenvalue weighted by Crippen LogP contribution is 2.17. The fraction of sp³-hybridized carbons (Fsp3) is 0.500. The highest BCUT2D eigenvalue weighted by molar-refractivity contribution is 6.30. The van der Waals surface area contributed by atoms with Crippen LogP contribution in [0, 0.1) is 0 Å². The van der Waals surface area contributed by atoms with Gasteiger partial charge in [-0.05, 0) is 24.6 Å². The maximum Gasteiger partial charge on any atom is 0.120 e. The maximum absolute atomic E-state index is 5.86. The van der Waals surface area contributed by atoms with E-state index in [0.717, 1.165) is 31.9 Å². The molecule has 0 aliphatic carbocycles. The quantitative estimate of drug-likeness (QED) is 0.876. The summed E-state index contributed by atoms with van der Waals surface area (Å²) in [4.78, 5) is 0. The lowest BCUT2D eigenvalue weighted by Gasteiger charge is -2.23. The highest BCUT2D eigenvalue weighted by atomic mass is 35.5. The van der Waals surface area contributed by atoms with Crippen molar-refractivity contribution in [3.63, 3.8) is 0 Å². The summed E-state index contributed by atoms with van der Waals surface area (Å²) in [7, 11) is 0. The normalized spacial score (nSPS) is 20.7. The molecule has 0 aromatic heterocycles. The number of nitrogens with one attached hydrogen (secondary N) is 1. The lowest BCUT2D eigenvalue weighted by atomic mass is 10.2. The first-order valence-electron chi connectivity index (χ1n) is 5.54. The fourth-order valence-corrected chi connectivity index (χ4v) is 1.86. The van der Waals surface area contributed by atoms with E-state index in [2.05, 4.69) is 5.32 Å². The predicted octanol–water partition coefficient (Wildman–Crippen LogP) is 2.10. The Morgan fingerprint density at radius 3 is 3.19 bits per heavy atom. The van der Waals surface area contributed by atoms with Crippen molar-refractivity contribution in [3.8, 4) is 5.75 Å². The summed E-state index contributed by atoms with van der Waals surface area (Å²) in [5, 5.41) is 4.09. The Morgan fingerprint density at radius 2 is 2.44 bits per heavy atom. The number of benzene rings is 1. The average molecular weight is 242 g/mol. The Bertz CT molecular complexity index is 327. The van der Waals surface area contributed by atoms with Crippen molar-refractivity contribution in [2.45, 2.75) is 12.5 Å². The molecule has 1 fully saturated rings. The Kier molecular flexibility index (Phi) is 4.45. The fourth-order valence-electron chi connectivity index (χ4n) is 1.68. The molecule has 0 saturated carbocycles. The Labute approximate surface area is 101 Å². The third-order valence-corrected chi connectivity index (χ3v) is 2.76. The first-order chi connectivity index (χ1) is 7.84. The second-order valence-electron chi connectivity index (χ2n) is 3.82. The summed E-state index contributed by atoms with van der Waals surface area (Å²) in [6.07, 6.45) is 0.951. The van der Waals surface area contributed by atoms with Crippen LogP contribution >= 0.6 is 11.6 Å². The standard InChI is InChI=1S/C12H16ClNO2/c13-10-2-1-3-12(8-10)16-6-4-11-9-15-7-5-14-11/h1-3,8,11,14H,4-7,9H2. The summed E-state index contributed by atoms with van der Waals surface area (Å²) in [6, 6.07) is 7.88. The maximum atomic E-state index is 5.86. The summed E-state index contributed by atoms with van der Waals surface area (Å²) >= 11 is 5.86. The minimum atomic E-state index is 0.410. The zero-order valence-electron chi connectivity index (χ0n) is 9.12. The second kappa shape index (κ2) is 6.09. The van der Waals surface area contributed by atoms with E-state index in [1.807, 2.05) is 24.3 Å². The highest BCUT2D eigenvalue weighted by Gasteiger charge is 2.12. The molecule has 1 aliphatic heterocycles. The first kappa shape index (κ1) is 11.7. The monoisotopic (exact) mass is 241 g/mol. The Morgan fingerprint density at radius 1 is 1.50 bits per heavy atom. The number of hydrogen-bond donors (Lipinski definition) is 1. The van der Waals surface area contributed by atoms with E-state index >= 15 is 0 Å². The third kappa shape index (κ3) is 3.67. The summed E-state index contributed by atoms with van der Waals surface area (Å²) in [5.41, 5.74) is 0. The van der Waals surface area contributed by atoms with E-state index in [4.69, 9.17) is 21.1 Å². The van der Waals surface area contributed by atoms with Gasteiger partial charge in [-0.2, -0.15) is 0 Å². The lowest BCUT2D eigenvalue weighted by Crippen LogP contribution is -2.41. The van der Waals surface area contributed by atoms with Crippen molar-refractivity contribution >= 4 is 11.6 Å². The molecule has 2 rings (SSSR count). The van der Waals surface area contributed by atoms with Gasteiger partial charge < -0.3 is 14.8 Å². The molecular weight excluding hydrogens is 226 g/mol. The van der Waals surface area contributed by atoms with Gasteiger partial charge in [0.05, 0.1) is 19.8 Å². The zero-order chi connectivity index (χ0) is 11.2. The van der Waals surface area contributed by atoms with E-state index in [1.165, 1.54) is 0 Å². The van der Waals surface area contributed by atoms with Crippen LogP contribution in [0.3, 0.4) is 0 Å². The van der Waals surface area contributed by atoms with Crippen molar-refractivity contribution in [3.05, 3.63) is 29.3 Å². The number of halogens is 1. The molecule has 1 N–H and O–H groups in total. The van der Waals surface area contributed by atoms with Crippen LogP contribution in [-0.4, -0.2) is 32.4 Å². The van der Waals surface area contributed by atoms with Crippen molar-refractivity contribution < 1.29 is 9.47 Å². The van der Waals surface area contributed by atoms with Crippen LogP contribution in [0.4, 0.5) is 0 Å². The van der Waals surface area contributed by atoms with Crippen LogP contribution in [0.25, 0.3) is 0 Å². The molecule has 1 saturated heterocycles. The molecule has 4 heteroatoms. The van der Waals surface area contributed by atoms with E-state index in [-0.39, 0.29) is 0 Å². The van der Waals surface area contributed by atoms with E-state index in [0.29, 0.717) is 17.7 Å². The largest absolute Gasteiger partial charge is 0.493 e. The molecule has 0 radical (unpaired) electrons. The predicted molar refractivity (Wildman–Crippen MR) is 64.2 cm³/mol. The third-order valence-electron chi connectivity index (χ3n) is 2.53. The van der Waals surface area contributed by atoms with Gasteiger partial charge in [-0.1, -0.05) is 17.7 Å². The number of morpholine rings is 1. The van der Waals surface area contributed by atoms with Gasteiger partial charge in [-0.25, -0.2) is 0 Å². The molecule has 1 aromatic rings. The second-order valence-corrected chi connectivity index (χ2v) is 4.26. The van der Waals surface area contributed by atoms with Crippen molar-refractivity contribution in [2.75, 3.05) is 26.4 Å². The lowest BCUT2D eigenvalue weighted by molar-refractivity contribution is 0.0691. The average Bonchev–Trinajstić information content (AvgIpc) is 2.30. The SMILES string of the molecule is Clc1cccc(OCCC2COCCN2)c1. The molecule has 0 bridgehead atoms. The zero-order valence-corrected chi connectivity index (χ0v) is 9.87. The van der Waals surface area contributed by atoms with Crippen LogP contribution in [-0.2, 0) is 4.74 Å². The Balaban J connectivity index is 1.71. The van der Waals surface area contributed by atoms with Crippen LogP contribution in [0.2, 0.25) is 5.02 Å². The molecular formula is C12H16ClNO2. The topological polar surface area (TPSA) is 30.5 Å². The molecule has 1 unspecified atom stereocenters. The van der Waals surface area contributed by atoms with Gasteiger partial charge in [0.2, 0.25) is 0 Å². The minimum absolute atomic E-state index is 0.410.